The maximum absolute atomic E-state index is 11.8. The quantitative estimate of drug-likeness (QED) is 0.723. The molecule has 1 amide bonds. The van der Waals surface area contributed by atoms with Gasteiger partial charge in [0.15, 0.2) is 0 Å². The van der Waals surface area contributed by atoms with E-state index in [1.807, 2.05) is 0 Å². The second kappa shape index (κ2) is 6.55. The number of hydrogen-bond acceptors (Lipinski definition) is 4. The molecule has 5 nitrogen and oxygen atoms in total. The number of nitriles is 1. The molecule has 0 N–H and O–H groups in total. The second-order valence-electron chi connectivity index (χ2n) is 5.28. The highest BCUT2D eigenvalue weighted by Gasteiger charge is 2.28. The molecule has 2 unspecified atom stereocenters. The molecule has 0 aromatic carbocycles. The number of esters is 1. The van der Waals surface area contributed by atoms with Gasteiger partial charge in [-0.25, -0.2) is 0 Å². The van der Waals surface area contributed by atoms with Crippen molar-refractivity contribution < 1.29 is 14.3 Å². The van der Waals surface area contributed by atoms with Crippen molar-refractivity contribution in [1.29, 1.82) is 5.26 Å². The predicted octanol–water partition coefficient (Wildman–Crippen LogP) is 1.62. The summed E-state index contributed by atoms with van der Waals surface area (Å²) in [4.78, 5) is 24.9. The van der Waals surface area contributed by atoms with E-state index in [0.717, 1.165) is 38.6 Å². The highest BCUT2D eigenvalue weighted by Crippen LogP contribution is 2.26. The molecule has 1 heterocycles. The largest absolute Gasteiger partial charge is 0.461 e. The van der Waals surface area contributed by atoms with Gasteiger partial charge in [0.1, 0.15) is 6.10 Å². The maximum atomic E-state index is 11.8. The van der Waals surface area contributed by atoms with Gasteiger partial charge in [-0.2, -0.15) is 5.26 Å². The summed E-state index contributed by atoms with van der Waals surface area (Å²) in [5.74, 6) is -0.321. The number of amides is 1. The first-order valence-corrected chi connectivity index (χ1v) is 7.07. The van der Waals surface area contributed by atoms with Crippen LogP contribution in [0.3, 0.4) is 0 Å². The molecule has 1 saturated carbocycles. The van der Waals surface area contributed by atoms with Crippen molar-refractivity contribution in [3.05, 3.63) is 0 Å². The minimum Gasteiger partial charge on any atom is -0.461 e. The van der Waals surface area contributed by atoms with Gasteiger partial charge in [0.25, 0.3) is 0 Å². The molecule has 0 aromatic heterocycles. The Bertz CT molecular complexity index is 389. The van der Waals surface area contributed by atoms with Gasteiger partial charge in [0, 0.05) is 19.5 Å². The number of nitrogens with zero attached hydrogens (tertiary/aromatic N) is 2. The van der Waals surface area contributed by atoms with Crippen molar-refractivity contribution in [1.82, 2.24) is 4.90 Å². The minimum atomic E-state index is -0.285. The normalized spacial score (nSPS) is 27.1. The molecule has 0 radical (unpaired) electrons. The van der Waals surface area contributed by atoms with Crippen LogP contribution >= 0.6 is 0 Å². The number of hydrogen-bond donors (Lipinski definition) is 0. The summed E-state index contributed by atoms with van der Waals surface area (Å²) in [5.41, 5.74) is 0. The lowest BCUT2D eigenvalue weighted by molar-refractivity contribution is -0.152. The fourth-order valence-electron chi connectivity index (χ4n) is 2.78. The van der Waals surface area contributed by atoms with E-state index < -0.39 is 0 Å². The van der Waals surface area contributed by atoms with Crippen molar-refractivity contribution >= 4 is 11.9 Å². The first-order valence-electron chi connectivity index (χ1n) is 7.07. The standard InChI is InChI=1S/C14H20N2O3/c15-10-11-4-1-2-5-12(11)19-14(18)7-9-16-8-3-6-13(16)17/h11-12H,1-9H2. The number of carbonyl (C=O) groups is 2. The number of rotatable bonds is 4. The zero-order valence-electron chi connectivity index (χ0n) is 11.1. The molecule has 2 aliphatic rings. The van der Waals surface area contributed by atoms with Crippen LogP contribution in [0.4, 0.5) is 0 Å². The van der Waals surface area contributed by atoms with Gasteiger partial charge >= 0.3 is 5.97 Å². The zero-order chi connectivity index (χ0) is 13.7. The molecular weight excluding hydrogens is 244 g/mol. The third-order valence-electron chi connectivity index (χ3n) is 3.91. The molecule has 104 valence electrons. The van der Waals surface area contributed by atoms with Crippen molar-refractivity contribution in [2.45, 2.75) is 51.0 Å². The Balaban J connectivity index is 1.74. The second-order valence-corrected chi connectivity index (χ2v) is 5.28. The molecule has 1 saturated heterocycles. The number of ether oxygens (including phenoxy) is 1. The van der Waals surface area contributed by atoms with Crippen LogP contribution in [0.15, 0.2) is 0 Å². The average Bonchev–Trinajstić information content (AvgIpc) is 2.82. The Morgan fingerprint density at radius 3 is 2.84 bits per heavy atom. The molecule has 2 atom stereocenters. The van der Waals surface area contributed by atoms with Gasteiger partial charge in [-0.15, -0.1) is 0 Å². The summed E-state index contributed by atoms with van der Waals surface area (Å²) in [6, 6.07) is 2.22. The van der Waals surface area contributed by atoms with E-state index in [2.05, 4.69) is 6.07 Å². The fraction of sp³-hybridized carbons (Fsp3) is 0.786. The summed E-state index contributed by atoms with van der Waals surface area (Å²) < 4.78 is 5.39. The molecular formula is C14H20N2O3. The monoisotopic (exact) mass is 264 g/mol. The molecule has 1 aliphatic heterocycles. The molecule has 0 bridgehead atoms. The number of carbonyl (C=O) groups excluding carboxylic acids is 2. The van der Waals surface area contributed by atoms with Crippen LogP contribution in [-0.2, 0) is 14.3 Å². The summed E-state index contributed by atoms with van der Waals surface area (Å²) >= 11 is 0. The van der Waals surface area contributed by atoms with Crippen molar-refractivity contribution in [2.75, 3.05) is 13.1 Å². The van der Waals surface area contributed by atoms with Gasteiger partial charge in [0.2, 0.25) is 5.91 Å². The van der Waals surface area contributed by atoms with Crippen LogP contribution in [-0.4, -0.2) is 36.0 Å². The molecule has 2 fully saturated rings. The van der Waals surface area contributed by atoms with Crippen molar-refractivity contribution in [3.8, 4) is 6.07 Å². The highest BCUT2D eigenvalue weighted by atomic mass is 16.5. The first kappa shape index (κ1) is 13.9. The SMILES string of the molecule is N#CC1CCCCC1OC(=O)CCN1CCCC1=O. The van der Waals surface area contributed by atoms with E-state index in [9.17, 15) is 9.59 Å². The van der Waals surface area contributed by atoms with Gasteiger partial charge in [-0.05, 0) is 25.7 Å². The van der Waals surface area contributed by atoms with Gasteiger partial charge in [-0.3, -0.25) is 9.59 Å². The zero-order valence-corrected chi connectivity index (χ0v) is 11.1. The van der Waals surface area contributed by atoms with Gasteiger partial charge in [-0.1, -0.05) is 6.42 Å². The molecule has 5 heteroatoms. The third-order valence-corrected chi connectivity index (χ3v) is 3.91. The van der Waals surface area contributed by atoms with Gasteiger partial charge < -0.3 is 9.64 Å². The van der Waals surface area contributed by atoms with Crippen LogP contribution in [0, 0.1) is 17.2 Å². The van der Waals surface area contributed by atoms with E-state index in [1.165, 1.54) is 0 Å². The van der Waals surface area contributed by atoms with E-state index in [4.69, 9.17) is 10.00 Å². The molecule has 2 rings (SSSR count). The molecule has 19 heavy (non-hydrogen) atoms. The highest BCUT2D eigenvalue weighted by molar-refractivity contribution is 5.79. The van der Waals surface area contributed by atoms with E-state index in [-0.39, 0.29) is 30.3 Å². The summed E-state index contributed by atoms with van der Waals surface area (Å²) in [6.45, 7) is 1.19. The van der Waals surface area contributed by atoms with E-state index in [0.29, 0.717) is 13.0 Å². The van der Waals surface area contributed by atoms with Gasteiger partial charge in [0.05, 0.1) is 18.4 Å². The van der Waals surface area contributed by atoms with Crippen LogP contribution in [0.2, 0.25) is 0 Å². The Kier molecular flexibility index (Phi) is 4.78. The Labute approximate surface area is 113 Å². The average molecular weight is 264 g/mol. The lowest BCUT2D eigenvalue weighted by Crippen LogP contribution is -2.32. The fourth-order valence-corrected chi connectivity index (χ4v) is 2.78. The molecule has 0 aromatic rings. The van der Waals surface area contributed by atoms with Crippen molar-refractivity contribution in [2.24, 2.45) is 5.92 Å². The molecule has 1 aliphatic carbocycles. The van der Waals surface area contributed by atoms with Crippen LogP contribution in [0.5, 0.6) is 0 Å². The predicted molar refractivity (Wildman–Crippen MR) is 67.9 cm³/mol. The number of likely N-dealkylation sites (tertiary alicyclic amines) is 1. The third kappa shape index (κ3) is 3.69. The van der Waals surface area contributed by atoms with Crippen LogP contribution in [0.1, 0.15) is 44.9 Å². The molecule has 0 spiro atoms. The van der Waals surface area contributed by atoms with Crippen LogP contribution < -0.4 is 0 Å². The van der Waals surface area contributed by atoms with E-state index in [1.54, 1.807) is 4.90 Å². The Morgan fingerprint density at radius 1 is 1.37 bits per heavy atom. The summed E-state index contributed by atoms with van der Waals surface area (Å²) in [6.07, 6.45) is 5.11. The van der Waals surface area contributed by atoms with Crippen molar-refractivity contribution in [3.63, 3.8) is 0 Å². The smallest absolute Gasteiger partial charge is 0.307 e. The summed E-state index contributed by atoms with van der Waals surface area (Å²) in [5, 5.41) is 9.02. The van der Waals surface area contributed by atoms with E-state index >= 15 is 0 Å². The maximum Gasteiger partial charge on any atom is 0.307 e. The summed E-state index contributed by atoms with van der Waals surface area (Å²) in [7, 11) is 0. The topological polar surface area (TPSA) is 70.4 Å². The Hall–Kier alpha value is -1.57. The minimum absolute atomic E-state index is 0.125. The first-order chi connectivity index (χ1) is 9.20. The lowest BCUT2D eigenvalue weighted by atomic mass is 9.87. The Morgan fingerprint density at radius 2 is 2.16 bits per heavy atom. The lowest BCUT2D eigenvalue weighted by Gasteiger charge is -2.26. The van der Waals surface area contributed by atoms with Crippen LogP contribution in [0.25, 0.3) is 0 Å².